The van der Waals surface area contributed by atoms with E-state index in [1.165, 1.54) is 13.8 Å². The van der Waals surface area contributed by atoms with E-state index in [-0.39, 0.29) is 5.78 Å². The molecular formula is C13H18O2. The second kappa shape index (κ2) is 3.78. The van der Waals surface area contributed by atoms with Crippen molar-refractivity contribution in [3.63, 3.8) is 0 Å². The van der Waals surface area contributed by atoms with Gasteiger partial charge in [-0.3, -0.25) is 4.79 Å². The first-order chi connectivity index (χ1) is 6.76. The Kier molecular flexibility index (Phi) is 3.00. The summed E-state index contributed by atoms with van der Waals surface area (Å²) in [4.78, 5) is 12.0. The van der Waals surface area contributed by atoms with Crippen molar-refractivity contribution < 1.29 is 9.90 Å². The molecular weight excluding hydrogens is 188 g/mol. The molecule has 0 bridgehead atoms. The number of ketones is 1. The molecule has 0 heterocycles. The Bertz CT molecular complexity index is 345. The van der Waals surface area contributed by atoms with Crippen molar-refractivity contribution in [1.82, 2.24) is 0 Å². The lowest BCUT2D eigenvalue weighted by molar-refractivity contribution is -0.139. The van der Waals surface area contributed by atoms with Gasteiger partial charge in [-0.1, -0.05) is 30.3 Å². The molecule has 2 nitrogen and oxygen atoms in total. The van der Waals surface area contributed by atoms with Crippen LogP contribution in [0.5, 0.6) is 0 Å². The minimum atomic E-state index is -1.29. The summed E-state index contributed by atoms with van der Waals surface area (Å²) < 4.78 is 0. The van der Waals surface area contributed by atoms with Gasteiger partial charge in [0, 0.05) is 0 Å². The van der Waals surface area contributed by atoms with E-state index in [4.69, 9.17) is 0 Å². The maximum atomic E-state index is 12.0. The maximum absolute atomic E-state index is 12.0. The van der Waals surface area contributed by atoms with Crippen molar-refractivity contribution in [2.75, 3.05) is 0 Å². The fourth-order valence-electron chi connectivity index (χ4n) is 1.75. The average Bonchev–Trinajstić information content (AvgIpc) is 2.16. The van der Waals surface area contributed by atoms with Crippen molar-refractivity contribution in [2.45, 2.75) is 38.7 Å². The third kappa shape index (κ3) is 2.45. The Balaban J connectivity index is 3.09. The number of benzene rings is 1. The second-order valence-electron chi connectivity index (χ2n) is 4.88. The maximum Gasteiger partial charge on any atom is 0.173 e. The summed E-state index contributed by atoms with van der Waals surface area (Å²) in [6.07, 6.45) is 0. The lowest BCUT2D eigenvalue weighted by atomic mass is 9.75. The van der Waals surface area contributed by atoms with E-state index in [2.05, 4.69) is 0 Å². The van der Waals surface area contributed by atoms with Gasteiger partial charge in [-0.2, -0.15) is 0 Å². The molecule has 0 spiro atoms. The van der Waals surface area contributed by atoms with Gasteiger partial charge in [0.2, 0.25) is 0 Å². The van der Waals surface area contributed by atoms with Crippen LogP contribution in [0.4, 0.5) is 0 Å². The zero-order valence-electron chi connectivity index (χ0n) is 9.74. The smallest absolute Gasteiger partial charge is 0.173 e. The highest BCUT2D eigenvalue weighted by Crippen LogP contribution is 2.28. The van der Waals surface area contributed by atoms with Crippen molar-refractivity contribution >= 4 is 5.78 Å². The summed E-state index contributed by atoms with van der Waals surface area (Å²) in [7, 11) is 0. The third-order valence-electron chi connectivity index (χ3n) is 2.62. The number of hydrogen-bond acceptors (Lipinski definition) is 2. The summed E-state index contributed by atoms with van der Waals surface area (Å²) in [6, 6.07) is 9.52. The van der Waals surface area contributed by atoms with Crippen molar-refractivity contribution in [3.8, 4) is 0 Å². The molecule has 0 atom stereocenters. The number of carbonyl (C=O) groups is 1. The largest absolute Gasteiger partial charge is 0.383 e. The van der Waals surface area contributed by atoms with Crippen molar-refractivity contribution in [1.29, 1.82) is 0 Å². The fourth-order valence-corrected chi connectivity index (χ4v) is 1.75. The quantitative estimate of drug-likeness (QED) is 0.824. The van der Waals surface area contributed by atoms with Crippen molar-refractivity contribution in [3.05, 3.63) is 35.9 Å². The van der Waals surface area contributed by atoms with E-state index in [1.807, 2.05) is 44.2 Å². The van der Waals surface area contributed by atoms with E-state index in [0.29, 0.717) is 0 Å². The van der Waals surface area contributed by atoms with Gasteiger partial charge in [-0.05, 0) is 33.3 Å². The van der Waals surface area contributed by atoms with Crippen LogP contribution in [-0.4, -0.2) is 16.5 Å². The molecule has 2 heteroatoms. The van der Waals surface area contributed by atoms with E-state index in [1.54, 1.807) is 0 Å². The van der Waals surface area contributed by atoms with Gasteiger partial charge in [0.25, 0.3) is 0 Å². The Morgan fingerprint density at radius 1 is 1.07 bits per heavy atom. The molecule has 1 N–H and O–H groups in total. The molecule has 1 aromatic carbocycles. The van der Waals surface area contributed by atoms with E-state index in [9.17, 15) is 9.90 Å². The van der Waals surface area contributed by atoms with Gasteiger partial charge >= 0.3 is 0 Å². The Morgan fingerprint density at radius 2 is 1.53 bits per heavy atom. The molecule has 0 aromatic heterocycles. The predicted octanol–water partition coefficient (Wildman–Crippen LogP) is 2.30. The first kappa shape index (κ1) is 11.9. The van der Waals surface area contributed by atoms with Crippen LogP contribution in [0.3, 0.4) is 0 Å². The summed E-state index contributed by atoms with van der Waals surface area (Å²) in [5.74, 6) is -0.166. The van der Waals surface area contributed by atoms with Crippen LogP contribution in [0.2, 0.25) is 0 Å². The Labute approximate surface area is 90.9 Å². The molecule has 0 fully saturated rings. The van der Waals surface area contributed by atoms with Crippen molar-refractivity contribution in [2.24, 2.45) is 0 Å². The molecule has 15 heavy (non-hydrogen) atoms. The lowest BCUT2D eigenvalue weighted by Gasteiger charge is -2.30. The molecule has 0 unspecified atom stereocenters. The highest BCUT2D eigenvalue weighted by Gasteiger charge is 2.38. The molecule has 82 valence electrons. The lowest BCUT2D eigenvalue weighted by Crippen LogP contribution is -2.44. The summed E-state index contributed by atoms with van der Waals surface area (Å²) in [6.45, 7) is 6.73. The first-order valence-corrected chi connectivity index (χ1v) is 5.09. The van der Waals surface area contributed by atoms with Crippen LogP contribution in [0.25, 0.3) is 0 Å². The molecule has 0 aliphatic heterocycles. The van der Waals surface area contributed by atoms with E-state index >= 15 is 0 Å². The first-order valence-electron chi connectivity index (χ1n) is 5.09. The predicted molar refractivity (Wildman–Crippen MR) is 60.8 cm³/mol. The molecule has 1 rings (SSSR count). The summed E-state index contributed by atoms with van der Waals surface area (Å²) in [5.41, 5.74) is -1.02. The molecule has 1 aromatic rings. The SMILES string of the molecule is CC(C)(O)C(=O)C(C)(C)c1ccccc1. The van der Waals surface area contributed by atoms with Crippen LogP contribution < -0.4 is 0 Å². The topological polar surface area (TPSA) is 37.3 Å². The zero-order valence-corrected chi connectivity index (χ0v) is 9.74. The standard InChI is InChI=1S/C13H18O2/c1-12(2,11(14)13(3,4)15)10-8-6-5-7-9-10/h5-9,15H,1-4H3. The fraction of sp³-hybridized carbons (Fsp3) is 0.462. The third-order valence-corrected chi connectivity index (χ3v) is 2.62. The molecule has 0 aliphatic carbocycles. The minimum Gasteiger partial charge on any atom is -0.383 e. The van der Waals surface area contributed by atoms with Crippen LogP contribution in [0, 0.1) is 0 Å². The number of Topliss-reactive ketones (excluding diaryl/α,β-unsaturated/α-hetero) is 1. The monoisotopic (exact) mass is 206 g/mol. The van der Waals surface area contributed by atoms with E-state index < -0.39 is 11.0 Å². The number of rotatable bonds is 3. The molecule has 0 radical (unpaired) electrons. The molecule has 0 aliphatic rings. The van der Waals surface area contributed by atoms with Gasteiger partial charge < -0.3 is 5.11 Å². The normalized spacial score (nSPS) is 12.6. The van der Waals surface area contributed by atoms with Crippen LogP contribution in [-0.2, 0) is 10.2 Å². The van der Waals surface area contributed by atoms with Crippen LogP contribution in [0.15, 0.2) is 30.3 Å². The van der Waals surface area contributed by atoms with Gasteiger partial charge in [0.15, 0.2) is 5.78 Å². The number of carbonyl (C=O) groups excluding carboxylic acids is 1. The molecule has 0 saturated heterocycles. The van der Waals surface area contributed by atoms with Crippen LogP contribution in [0.1, 0.15) is 33.3 Å². The molecule has 0 amide bonds. The number of aliphatic hydroxyl groups is 1. The number of hydrogen-bond donors (Lipinski definition) is 1. The minimum absolute atomic E-state index is 0.166. The highest BCUT2D eigenvalue weighted by atomic mass is 16.3. The van der Waals surface area contributed by atoms with E-state index in [0.717, 1.165) is 5.56 Å². The summed E-state index contributed by atoms with van der Waals surface area (Å²) >= 11 is 0. The Morgan fingerprint density at radius 3 is 1.93 bits per heavy atom. The second-order valence-corrected chi connectivity index (χ2v) is 4.88. The highest BCUT2D eigenvalue weighted by molar-refractivity contribution is 5.95. The van der Waals surface area contributed by atoms with Gasteiger partial charge in [0.05, 0.1) is 5.41 Å². The van der Waals surface area contributed by atoms with Crippen LogP contribution >= 0.6 is 0 Å². The average molecular weight is 206 g/mol. The van der Waals surface area contributed by atoms with Gasteiger partial charge in [0.1, 0.15) is 5.60 Å². The Hall–Kier alpha value is -1.15. The van der Waals surface area contributed by atoms with Gasteiger partial charge in [-0.25, -0.2) is 0 Å². The zero-order chi connectivity index (χ0) is 11.7. The molecule has 0 saturated carbocycles. The summed E-state index contributed by atoms with van der Waals surface area (Å²) in [5, 5.41) is 9.73. The van der Waals surface area contributed by atoms with Gasteiger partial charge in [-0.15, -0.1) is 0 Å².